The Hall–Kier alpha value is -0.130. The maximum Gasteiger partial charge on any atom is 0.0471 e. The highest BCUT2D eigenvalue weighted by molar-refractivity contribution is 14.1. The SMILES string of the molecule is CC(C)CNCC1(Cc2ccc(I)cc2)CCOCC1. The summed E-state index contributed by atoms with van der Waals surface area (Å²) in [6, 6.07) is 8.98. The van der Waals surface area contributed by atoms with Gasteiger partial charge in [-0.05, 0) is 77.4 Å². The van der Waals surface area contributed by atoms with Crippen LogP contribution >= 0.6 is 22.6 Å². The maximum absolute atomic E-state index is 5.58. The molecule has 20 heavy (non-hydrogen) atoms. The summed E-state index contributed by atoms with van der Waals surface area (Å²) in [6.45, 7) is 8.57. The molecule has 0 spiro atoms. The fourth-order valence-electron chi connectivity index (χ4n) is 2.88. The molecule has 2 rings (SSSR count). The van der Waals surface area contributed by atoms with Crippen LogP contribution in [0.4, 0.5) is 0 Å². The minimum Gasteiger partial charge on any atom is -0.381 e. The van der Waals surface area contributed by atoms with Crippen molar-refractivity contribution in [3.63, 3.8) is 0 Å². The molecular weight excluding hydrogens is 361 g/mol. The molecule has 1 heterocycles. The molecule has 1 N–H and O–H groups in total. The zero-order chi connectivity index (χ0) is 14.4. The van der Waals surface area contributed by atoms with Gasteiger partial charge in [0.25, 0.3) is 0 Å². The quantitative estimate of drug-likeness (QED) is 0.749. The second kappa shape index (κ2) is 7.76. The topological polar surface area (TPSA) is 21.3 Å². The first kappa shape index (κ1) is 16.2. The summed E-state index contributed by atoms with van der Waals surface area (Å²) < 4.78 is 6.89. The first-order chi connectivity index (χ1) is 9.60. The molecule has 0 saturated carbocycles. The van der Waals surface area contributed by atoms with Gasteiger partial charge in [-0.3, -0.25) is 0 Å². The Morgan fingerprint density at radius 2 is 1.85 bits per heavy atom. The standard InChI is InChI=1S/C17H26INO/c1-14(2)12-19-13-17(7-9-20-10-8-17)11-15-3-5-16(18)6-4-15/h3-6,14,19H,7-13H2,1-2H3. The third-order valence-electron chi connectivity index (χ3n) is 4.10. The summed E-state index contributed by atoms with van der Waals surface area (Å²) in [5.74, 6) is 0.713. The van der Waals surface area contributed by atoms with Crippen molar-refractivity contribution in [3.05, 3.63) is 33.4 Å². The Morgan fingerprint density at radius 1 is 1.20 bits per heavy atom. The van der Waals surface area contributed by atoms with Crippen LogP contribution in [0.15, 0.2) is 24.3 Å². The number of hydrogen-bond acceptors (Lipinski definition) is 2. The molecule has 1 aliphatic heterocycles. The second-order valence-corrected chi connectivity index (χ2v) is 7.69. The highest BCUT2D eigenvalue weighted by Crippen LogP contribution is 2.34. The van der Waals surface area contributed by atoms with E-state index in [0.29, 0.717) is 11.3 Å². The average Bonchev–Trinajstić information content (AvgIpc) is 2.42. The number of benzene rings is 1. The van der Waals surface area contributed by atoms with Crippen molar-refractivity contribution in [2.75, 3.05) is 26.3 Å². The zero-order valence-electron chi connectivity index (χ0n) is 12.6. The van der Waals surface area contributed by atoms with E-state index in [1.165, 1.54) is 28.4 Å². The molecular formula is C17H26INO. The van der Waals surface area contributed by atoms with Crippen molar-refractivity contribution in [2.24, 2.45) is 11.3 Å². The fraction of sp³-hybridized carbons (Fsp3) is 0.647. The van der Waals surface area contributed by atoms with Crippen LogP contribution in [0.2, 0.25) is 0 Å². The summed E-state index contributed by atoms with van der Waals surface area (Å²) in [7, 11) is 0. The van der Waals surface area contributed by atoms with Gasteiger partial charge in [0.1, 0.15) is 0 Å². The second-order valence-electron chi connectivity index (χ2n) is 6.44. The summed E-state index contributed by atoms with van der Waals surface area (Å²) >= 11 is 2.37. The third-order valence-corrected chi connectivity index (χ3v) is 4.82. The van der Waals surface area contributed by atoms with E-state index in [4.69, 9.17) is 4.74 Å². The van der Waals surface area contributed by atoms with Crippen molar-refractivity contribution >= 4 is 22.6 Å². The van der Waals surface area contributed by atoms with Gasteiger partial charge in [-0.2, -0.15) is 0 Å². The summed E-state index contributed by atoms with van der Waals surface area (Å²) in [6.07, 6.45) is 3.51. The van der Waals surface area contributed by atoms with Gasteiger partial charge in [-0.1, -0.05) is 26.0 Å². The van der Waals surface area contributed by atoms with E-state index < -0.39 is 0 Å². The first-order valence-electron chi connectivity index (χ1n) is 7.63. The van der Waals surface area contributed by atoms with Crippen LogP contribution in [0.5, 0.6) is 0 Å². The highest BCUT2D eigenvalue weighted by Gasteiger charge is 2.32. The van der Waals surface area contributed by atoms with Crippen LogP contribution in [-0.4, -0.2) is 26.3 Å². The molecule has 0 atom stereocenters. The minimum absolute atomic E-state index is 0.375. The molecule has 1 aliphatic rings. The lowest BCUT2D eigenvalue weighted by Gasteiger charge is -2.38. The molecule has 3 heteroatoms. The van der Waals surface area contributed by atoms with E-state index in [1.807, 2.05) is 0 Å². The predicted molar refractivity (Wildman–Crippen MR) is 93.1 cm³/mol. The van der Waals surface area contributed by atoms with Crippen molar-refractivity contribution in [1.29, 1.82) is 0 Å². The van der Waals surface area contributed by atoms with Crippen molar-refractivity contribution < 1.29 is 4.74 Å². The zero-order valence-corrected chi connectivity index (χ0v) is 14.8. The van der Waals surface area contributed by atoms with Gasteiger partial charge in [0.2, 0.25) is 0 Å². The Morgan fingerprint density at radius 3 is 2.45 bits per heavy atom. The molecule has 2 nitrogen and oxygen atoms in total. The van der Waals surface area contributed by atoms with Crippen LogP contribution in [0.25, 0.3) is 0 Å². The van der Waals surface area contributed by atoms with Gasteiger partial charge >= 0.3 is 0 Å². The van der Waals surface area contributed by atoms with Gasteiger partial charge in [-0.25, -0.2) is 0 Å². The normalized spacial score (nSPS) is 18.4. The number of rotatable bonds is 6. The lowest BCUT2D eigenvalue weighted by atomic mass is 9.75. The molecule has 0 amide bonds. The number of hydrogen-bond donors (Lipinski definition) is 1. The van der Waals surface area contributed by atoms with Crippen LogP contribution in [-0.2, 0) is 11.2 Å². The molecule has 1 aromatic rings. The largest absolute Gasteiger partial charge is 0.381 e. The molecule has 112 valence electrons. The number of nitrogens with one attached hydrogen (secondary N) is 1. The number of halogens is 1. The smallest absolute Gasteiger partial charge is 0.0471 e. The van der Waals surface area contributed by atoms with Crippen molar-refractivity contribution in [1.82, 2.24) is 5.32 Å². The molecule has 0 aromatic heterocycles. The van der Waals surface area contributed by atoms with Gasteiger partial charge in [0.05, 0.1) is 0 Å². The van der Waals surface area contributed by atoms with E-state index in [1.54, 1.807) is 0 Å². The lowest BCUT2D eigenvalue weighted by Crippen LogP contribution is -2.41. The molecule has 1 fully saturated rings. The Labute approximate surface area is 136 Å². The molecule has 0 unspecified atom stereocenters. The average molecular weight is 387 g/mol. The van der Waals surface area contributed by atoms with Gasteiger partial charge < -0.3 is 10.1 Å². The maximum atomic E-state index is 5.58. The Bertz CT molecular complexity index is 396. The molecule has 0 aliphatic carbocycles. The van der Waals surface area contributed by atoms with Crippen molar-refractivity contribution in [3.8, 4) is 0 Å². The molecule has 1 aromatic carbocycles. The van der Waals surface area contributed by atoms with Crippen LogP contribution in [0, 0.1) is 14.9 Å². The monoisotopic (exact) mass is 387 g/mol. The number of ether oxygens (including phenoxy) is 1. The Balaban J connectivity index is 2.00. The van der Waals surface area contributed by atoms with E-state index in [0.717, 1.165) is 26.3 Å². The van der Waals surface area contributed by atoms with Gasteiger partial charge in [0, 0.05) is 23.3 Å². The van der Waals surface area contributed by atoms with Crippen LogP contribution < -0.4 is 5.32 Å². The van der Waals surface area contributed by atoms with E-state index in [-0.39, 0.29) is 0 Å². The van der Waals surface area contributed by atoms with Crippen LogP contribution in [0.1, 0.15) is 32.3 Å². The summed E-state index contributed by atoms with van der Waals surface area (Å²) in [5, 5.41) is 3.67. The molecule has 1 saturated heterocycles. The van der Waals surface area contributed by atoms with E-state index in [2.05, 4.69) is 66.0 Å². The Kier molecular flexibility index (Phi) is 6.30. The summed E-state index contributed by atoms with van der Waals surface area (Å²) in [5.41, 5.74) is 1.83. The van der Waals surface area contributed by atoms with E-state index >= 15 is 0 Å². The predicted octanol–water partition coefficient (Wildman–Crippen LogP) is 3.88. The lowest BCUT2D eigenvalue weighted by molar-refractivity contribution is 0.0147. The van der Waals surface area contributed by atoms with Gasteiger partial charge in [-0.15, -0.1) is 0 Å². The molecule has 0 bridgehead atoms. The fourth-order valence-corrected chi connectivity index (χ4v) is 3.24. The van der Waals surface area contributed by atoms with E-state index in [9.17, 15) is 0 Å². The summed E-state index contributed by atoms with van der Waals surface area (Å²) in [4.78, 5) is 0. The molecule has 0 radical (unpaired) electrons. The first-order valence-corrected chi connectivity index (χ1v) is 8.70. The van der Waals surface area contributed by atoms with Gasteiger partial charge in [0.15, 0.2) is 0 Å². The third kappa shape index (κ3) is 5.01. The minimum atomic E-state index is 0.375. The van der Waals surface area contributed by atoms with Crippen molar-refractivity contribution in [2.45, 2.75) is 33.1 Å². The highest BCUT2D eigenvalue weighted by atomic mass is 127. The van der Waals surface area contributed by atoms with Crippen LogP contribution in [0.3, 0.4) is 0 Å².